The van der Waals surface area contributed by atoms with Crippen molar-refractivity contribution in [1.82, 2.24) is 9.78 Å². The molecule has 0 atom stereocenters. The summed E-state index contributed by atoms with van der Waals surface area (Å²) in [6, 6.07) is 6.98. The first kappa shape index (κ1) is 18.0. The lowest BCUT2D eigenvalue weighted by Gasteiger charge is -2.27. The summed E-state index contributed by atoms with van der Waals surface area (Å²) < 4.78 is 6.25. The second-order valence-electron chi connectivity index (χ2n) is 5.50. The average Bonchev–Trinajstić information content (AvgIpc) is 2.64. The maximum absolute atomic E-state index is 12.7. The fraction of sp³-hybridized carbons (Fsp3) is 0.294. The number of fused-ring (bicyclic) bond motifs is 1. The molecule has 0 spiro atoms. The van der Waals surface area contributed by atoms with Crippen LogP contribution >= 0.6 is 11.8 Å². The Bertz CT molecular complexity index is 912. The van der Waals surface area contributed by atoms with Crippen LogP contribution in [0.2, 0.25) is 0 Å². The molecular formula is C17H18N4O4S. The monoisotopic (exact) mass is 374 g/mol. The third kappa shape index (κ3) is 3.43. The molecule has 9 heteroatoms. The van der Waals surface area contributed by atoms with Crippen molar-refractivity contribution in [2.24, 2.45) is 0 Å². The van der Waals surface area contributed by atoms with Gasteiger partial charge in [0.15, 0.2) is 0 Å². The van der Waals surface area contributed by atoms with Crippen LogP contribution in [-0.4, -0.2) is 41.0 Å². The van der Waals surface area contributed by atoms with Gasteiger partial charge >= 0.3 is 0 Å². The highest BCUT2D eigenvalue weighted by Gasteiger charge is 2.28. The molecule has 1 N–H and O–H groups in total. The Kier molecular flexibility index (Phi) is 5.27. The molecule has 0 bridgehead atoms. The second-order valence-corrected chi connectivity index (χ2v) is 6.51. The van der Waals surface area contributed by atoms with E-state index in [1.54, 1.807) is 31.2 Å². The first-order valence-corrected chi connectivity index (χ1v) is 8.99. The maximum atomic E-state index is 12.7. The largest absolute Gasteiger partial charge is 0.495 e. The van der Waals surface area contributed by atoms with Crippen LogP contribution in [0.15, 0.2) is 40.2 Å². The molecule has 1 aliphatic rings. The maximum Gasteiger partial charge on any atom is 0.292 e. The summed E-state index contributed by atoms with van der Waals surface area (Å²) in [4.78, 5) is 39.2. The van der Waals surface area contributed by atoms with E-state index in [9.17, 15) is 14.4 Å². The number of rotatable bonds is 5. The molecule has 1 aromatic heterocycles. The SMILES string of the molecule is CCN1C(=O)CSc2cnn(CC(=O)Nc3ccccc3OC)c(=O)c21. The number of methoxy groups -OCH3 is 1. The topological polar surface area (TPSA) is 93.5 Å². The lowest BCUT2D eigenvalue weighted by Crippen LogP contribution is -2.42. The lowest BCUT2D eigenvalue weighted by atomic mass is 10.3. The van der Waals surface area contributed by atoms with Crippen LogP contribution in [-0.2, 0) is 16.1 Å². The van der Waals surface area contributed by atoms with E-state index in [2.05, 4.69) is 10.4 Å². The molecule has 1 aromatic carbocycles. The van der Waals surface area contributed by atoms with Gasteiger partial charge in [0.25, 0.3) is 5.56 Å². The highest BCUT2D eigenvalue weighted by atomic mass is 32.2. The van der Waals surface area contributed by atoms with Crippen molar-refractivity contribution in [3.05, 3.63) is 40.8 Å². The molecule has 0 aliphatic carbocycles. The van der Waals surface area contributed by atoms with Crippen LogP contribution in [0.1, 0.15) is 6.92 Å². The molecule has 0 saturated heterocycles. The molecule has 0 radical (unpaired) electrons. The van der Waals surface area contributed by atoms with Crippen LogP contribution in [0.5, 0.6) is 5.75 Å². The normalized spacial score (nSPS) is 13.3. The number of amides is 2. The minimum atomic E-state index is -0.458. The van der Waals surface area contributed by atoms with Gasteiger partial charge in [-0.05, 0) is 19.1 Å². The molecule has 0 saturated carbocycles. The number of nitrogens with one attached hydrogen (secondary N) is 1. The van der Waals surface area contributed by atoms with Crippen molar-refractivity contribution >= 4 is 35.0 Å². The Morgan fingerprint density at radius 2 is 2.12 bits per heavy atom. The Hall–Kier alpha value is -2.81. The minimum absolute atomic E-state index is 0.127. The summed E-state index contributed by atoms with van der Waals surface area (Å²) in [6.07, 6.45) is 1.52. The van der Waals surface area contributed by atoms with E-state index in [1.807, 2.05) is 0 Å². The Balaban J connectivity index is 1.85. The molecule has 1 aliphatic heterocycles. The number of thioether (sulfide) groups is 1. The third-order valence-corrected chi connectivity index (χ3v) is 4.90. The summed E-state index contributed by atoms with van der Waals surface area (Å²) in [6.45, 7) is 1.93. The third-order valence-electron chi connectivity index (χ3n) is 3.90. The number of ether oxygens (including phenoxy) is 1. The van der Waals surface area contributed by atoms with Crippen molar-refractivity contribution in [3.8, 4) is 5.75 Å². The molecule has 136 valence electrons. The number of carbonyl (C=O) groups is 2. The zero-order valence-corrected chi connectivity index (χ0v) is 15.2. The summed E-state index contributed by atoms with van der Waals surface area (Å²) in [7, 11) is 1.51. The molecular weight excluding hydrogens is 356 g/mol. The second kappa shape index (κ2) is 7.61. The Morgan fingerprint density at radius 3 is 2.85 bits per heavy atom. The van der Waals surface area contributed by atoms with Gasteiger partial charge in [0.1, 0.15) is 18.0 Å². The standard InChI is InChI=1S/C17H18N4O4S/c1-3-20-15(23)10-26-13-8-18-21(17(24)16(13)20)9-14(22)19-11-6-4-5-7-12(11)25-2/h4-8H,3,9-10H2,1-2H3,(H,19,22). The van der Waals surface area contributed by atoms with Crippen molar-refractivity contribution < 1.29 is 14.3 Å². The van der Waals surface area contributed by atoms with Gasteiger partial charge in [-0.2, -0.15) is 5.10 Å². The van der Waals surface area contributed by atoms with Gasteiger partial charge in [-0.25, -0.2) is 4.68 Å². The van der Waals surface area contributed by atoms with Crippen LogP contribution in [0.4, 0.5) is 11.4 Å². The average molecular weight is 374 g/mol. The molecule has 3 rings (SSSR count). The van der Waals surface area contributed by atoms with Gasteiger partial charge in [0.2, 0.25) is 11.8 Å². The predicted molar refractivity (Wildman–Crippen MR) is 98.9 cm³/mol. The van der Waals surface area contributed by atoms with Crippen LogP contribution in [0, 0.1) is 0 Å². The highest BCUT2D eigenvalue weighted by molar-refractivity contribution is 8.00. The number of para-hydroxylation sites is 2. The van der Waals surface area contributed by atoms with Gasteiger partial charge in [-0.15, -0.1) is 11.8 Å². The molecule has 2 amide bonds. The van der Waals surface area contributed by atoms with E-state index in [1.165, 1.54) is 30.0 Å². The van der Waals surface area contributed by atoms with Gasteiger partial charge in [0, 0.05) is 6.54 Å². The van der Waals surface area contributed by atoms with E-state index in [4.69, 9.17) is 4.74 Å². The molecule has 2 heterocycles. The van der Waals surface area contributed by atoms with E-state index in [0.29, 0.717) is 22.9 Å². The van der Waals surface area contributed by atoms with Gasteiger partial charge in [-0.3, -0.25) is 14.4 Å². The lowest BCUT2D eigenvalue weighted by molar-refractivity contribution is -0.117. The van der Waals surface area contributed by atoms with Crippen molar-refractivity contribution in [2.45, 2.75) is 18.4 Å². The highest BCUT2D eigenvalue weighted by Crippen LogP contribution is 2.31. The van der Waals surface area contributed by atoms with Crippen molar-refractivity contribution in [2.75, 3.05) is 29.6 Å². The zero-order chi connectivity index (χ0) is 18.7. The zero-order valence-electron chi connectivity index (χ0n) is 14.4. The quantitative estimate of drug-likeness (QED) is 0.849. The molecule has 0 fully saturated rings. The summed E-state index contributed by atoms with van der Waals surface area (Å²) in [5, 5.41) is 6.76. The van der Waals surface area contributed by atoms with Gasteiger partial charge in [0.05, 0.1) is 29.6 Å². The first-order valence-electron chi connectivity index (χ1n) is 8.01. The predicted octanol–water partition coefficient (Wildman–Crippen LogP) is 1.35. The molecule has 8 nitrogen and oxygen atoms in total. The van der Waals surface area contributed by atoms with E-state index < -0.39 is 11.5 Å². The van der Waals surface area contributed by atoms with Gasteiger partial charge < -0.3 is 15.0 Å². The number of hydrogen-bond acceptors (Lipinski definition) is 6. The fourth-order valence-corrected chi connectivity index (χ4v) is 3.57. The molecule has 2 aromatic rings. The summed E-state index contributed by atoms with van der Waals surface area (Å²) >= 11 is 1.28. The number of hydrogen-bond donors (Lipinski definition) is 1. The van der Waals surface area contributed by atoms with E-state index in [0.717, 1.165) is 4.68 Å². The number of carbonyl (C=O) groups excluding carboxylic acids is 2. The van der Waals surface area contributed by atoms with Gasteiger partial charge in [-0.1, -0.05) is 12.1 Å². The van der Waals surface area contributed by atoms with Crippen LogP contribution in [0.25, 0.3) is 0 Å². The summed E-state index contributed by atoms with van der Waals surface area (Å²) in [5.74, 6) is 0.256. The number of benzene rings is 1. The Labute approximate surface area is 154 Å². The number of aromatic nitrogens is 2. The first-order chi connectivity index (χ1) is 12.5. The smallest absolute Gasteiger partial charge is 0.292 e. The van der Waals surface area contributed by atoms with E-state index >= 15 is 0 Å². The van der Waals surface area contributed by atoms with Crippen molar-refractivity contribution in [1.29, 1.82) is 0 Å². The molecule has 26 heavy (non-hydrogen) atoms. The van der Waals surface area contributed by atoms with Crippen molar-refractivity contribution in [3.63, 3.8) is 0 Å². The summed E-state index contributed by atoms with van der Waals surface area (Å²) in [5.41, 5.74) is 0.334. The number of nitrogens with zero attached hydrogens (tertiary/aromatic N) is 3. The number of anilines is 2. The fourth-order valence-electron chi connectivity index (χ4n) is 2.68. The van der Waals surface area contributed by atoms with E-state index in [-0.39, 0.29) is 23.9 Å². The van der Waals surface area contributed by atoms with Crippen LogP contribution in [0.3, 0.4) is 0 Å². The molecule has 0 unspecified atom stereocenters. The van der Waals surface area contributed by atoms with Crippen LogP contribution < -0.4 is 20.5 Å². The Morgan fingerprint density at radius 1 is 1.35 bits per heavy atom. The minimum Gasteiger partial charge on any atom is -0.495 e.